The normalized spacial score (nSPS) is 12.0. The number of rotatable bonds is 6. The Kier molecular flexibility index (Phi) is 7.82. The number of hydrogen-bond acceptors (Lipinski definition) is 3. The van der Waals surface area contributed by atoms with E-state index in [4.69, 9.17) is 4.42 Å². The largest absolute Gasteiger partial charge is 0.456 e. The molecule has 0 unspecified atom stereocenters. The van der Waals surface area contributed by atoms with Crippen LogP contribution in [0.5, 0.6) is 0 Å². The number of thiophene rings is 1. The lowest BCUT2D eigenvalue weighted by molar-refractivity contribution is 0.669. The van der Waals surface area contributed by atoms with E-state index in [0.29, 0.717) is 0 Å². The summed E-state index contributed by atoms with van der Waals surface area (Å²) in [6.07, 6.45) is 0. The lowest BCUT2D eigenvalue weighted by Crippen LogP contribution is -2.10. The summed E-state index contributed by atoms with van der Waals surface area (Å²) in [5.74, 6) is 0. The zero-order valence-corrected chi connectivity index (χ0v) is 35.8. The maximum atomic E-state index is 6.52. The van der Waals surface area contributed by atoms with E-state index >= 15 is 0 Å². The van der Waals surface area contributed by atoms with Gasteiger partial charge in [0.25, 0.3) is 0 Å². The molecule has 65 heavy (non-hydrogen) atoms. The quantitative estimate of drug-likeness (QED) is 0.167. The summed E-state index contributed by atoms with van der Waals surface area (Å²) in [7, 11) is 0. The number of furan rings is 1. The Morgan fingerprint density at radius 3 is 1.69 bits per heavy atom. The fourth-order valence-electron chi connectivity index (χ4n) is 10.5. The van der Waals surface area contributed by atoms with Crippen molar-refractivity contribution in [1.82, 2.24) is 9.13 Å². The van der Waals surface area contributed by atoms with Crippen LogP contribution in [0.3, 0.4) is 0 Å². The Morgan fingerprint density at radius 1 is 0.354 bits per heavy atom. The van der Waals surface area contributed by atoms with Gasteiger partial charge in [-0.1, -0.05) is 121 Å². The Balaban J connectivity index is 1.02. The predicted molar refractivity (Wildman–Crippen MR) is 275 cm³/mol. The van der Waals surface area contributed by atoms with Crippen molar-refractivity contribution in [3.63, 3.8) is 0 Å². The van der Waals surface area contributed by atoms with Crippen LogP contribution < -0.4 is 4.90 Å². The lowest BCUT2D eigenvalue weighted by atomic mass is 10.0. The molecule has 0 saturated heterocycles. The van der Waals surface area contributed by atoms with E-state index in [2.05, 4.69) is 232 Å². The molecule has 0 bridgehead atoms. The van der Waals surface area contributed by atoms with Crippen molar-refractivity contribution in [1.29, 1.82) is 0 Å². The van der Waals surface area contributed by atoms with E-state index in [1.165, 1.54) is 63.9 Å². The first-order valence-electron chi connectivity index (χ1n) is 22.1. The summed E-state index contributed by atoms with van der Waals surface area (Å²) < 4.78 is 13.9. The number of nitrogens with zero attached hydrogens (tertiary/aromatic N) is 3. The standard InChI is InChI=1S/C60H37N3OS/c1-3-14-39(15-4-1)62-51-23-10-7-18-45(51)49-36-42(30-32-52(49)62)61(41-28-26-38(27-29-41)44-21-13-22-47-46-19-9-12-25-57(46)65-60(44)47)43-31-33-53-50(37-43)58-54(63(53)40-16-5-2-6-17-40)34-35-56-59(58)48-20-8-11-24-55(48)64-56/h1-37H. The molecular formula is C60H37N3OS. The molecule has 0 fully saturated rings. The SMILES string of the molecule is c1ccc(-n2c3ccccc3c3cc(N(c4ccc(-c5cccc6c5sc5ccccc56)cc4)c4ccc5c(c4)c4c6c(ccc4n5-c4ccccc4)oc4ccccc46)ccc32)cc1. The number of benzene rings is 10. The highest BCUT2D eigenvalue weighted by molar-refractivity contribution is 7.26. The topological polar surface area (TPSA) is 26.2 Å². The molecule has 0 radical (unpaired) electrons. The Bertz CT molecular complexity index is 4170. The molecular weight excluding hydrogens is 811 g/mol. The van der Waals surface area contributed by atoms with Crippen LogP contribution in [-0.4, -0.2) is 9.13 Å². The fraction of sp³-hybridized carbons (Fsp3) is 0. The van der Waals surface area contributed by atoms with Gasteiger partial charge in [-0.3, -0.25) is 0 Å². The van der Waals surface area contributed by atoms with Gasteiger partial charge in [-0.2, -0.15) is 0 Å². The van der Waals surface area contributed by atoms with Gasteiger partial charge in [0.2, 0.25) is 0 Å². The first-order chi connectivity index (χ1) is 32.2. The van der Waals surface area contributed by atoms with E-state index < -0.39 is 0 Å². The highest BCUT2D eigenvalue weighted by atomic mass is 32.1. The minimum absolute atomic E-state index is 0.887. The van der Waals surface area contributed by atoms with Gasteiger partial charge in [0.05, 0.1) is 22.1 Å². The molecule has 0 N–H and O–H groups in total. The van der Waals surface area contributed by atoms with Gasteiger partial charge in [-0.15, -0.1) is 11.3 Å². The minimum atomic E-state index is 0.887. The average Bonchev–Trinajstić information content (AvgIpc) is 4.12. The smallest absolute Gasteiger partial charge is 0.136 e. The zero-order chi connectivity index (χ0) is 42.6. The summed E-state index contributed by atoms with van der Waals surface area (Å²) in [5.41, 5.74) is 14.4. The molecule has 0 atom stereocenters. The van der Waals surface area contributed by atoms with Crippen LogP contribution in [0.1, 0.15) is 0 Å². The molecule has 4 heterocycles. The van der Waals surface area contributed by atoms with E-state index in [0.717, 1.165) is 61.4 Å². The van der Waals surface area contributed by atoms with Gasteiger partial charge in [-0.25, -0.2) is 0 Å². The average molecular weight is 848 g/mol. The maximum Gasteiger partial charge on any atom is 0.136 e. The molecule has 4 aromatic heterocycles. The molecule has 0 aliphatic heterocycles. The zero-order valence-electron chi connectivity index (χ0n) is 35.0. The summed E-state index contributed by atoms with van der Waals surface area (Å²) in [6, 6.07) is 81.4. The van der Waals surface area contributed by atoms with Crippen LogP contribution in [0, 0.1) is 0 Å². The van der Waals surface area contributed by atoms with E-state index in [9.17, 15) is 0 Å². The van der Waals surface area contributed by atoms with Crippen molar-refractivity contribution in [3.05, 3.63) is 224 Å². The number of aromatic nitrogens is 2. The first kappa shape index (κ1) is 36.1. The van der Waals surface area contributed by atoms with Crippen LogP contribution in [0.4, 0.5) is 17.1 Å². The Labute approximate surface area is 377 Å². The molecule has 0 amide bonds. The first-order valence-corrected chi connectivity index (χ1v) is 22.9. The molecule has 0 aliphatic carbocycles. The number of hydrogen-bond donors (Lipinski definition) is 0. The second-order valence-electron chi connectivity index (χ2n) is 16.9. The van der Waals surface area contributed by atoms with E-state index in [-0.39, 0.29) is 0 Å². The van der Waals surface area contributed by atoms with Gasteiger partial charge in [0.1, 0.15) is 11.2 Å². The van der Waals surface area contributed by atoms with Crippen molar-refractivity contribution < 1.29 is 4.42 Å². The van der Waals surface area contributed by atoms with Crippen LogP contribution in [0.15, 0.2) is 229 Å². The van der Waals surface area contributed by atoms with Gasteiger partial charge in [-0.05, 0) is 114 Å². The second kappa shape index (κ2) is 14.1. The molecule has 10 aromatic carbocycles. The van der Waals surface area contributed by atoms with Crippen molar-refractivity contribution in [2.45, 2.75) is 0 Å². The monoisotopic (exact) mass is 847 g/mol. The van der Waals surface area contributed by atoms with Crippen LogP contribution in [0.2, 0.25) is 0 Å². The fourth-order valence-corrected chi connectivity index (χ4v) is 11.7. The third-order valence-electron chi connectivity index (χ3n) is 13.3. The molecule has 304 valence electrons. The molecule has 5 heteroatoms. The number of fused-ring (bicyclic) bond motifs is 13. The molecule has 0 spiro atoms. The second-order valence-corrected chi connectivity index (χ2v) is 17.9. The molecule has 0 saturated carbocycles. The predicted octanol–water partition coefficient (Wildman–Crippen LogP) is 17.3. The van der Waals surface area contributed by atoms with Crippen molar-refractivity contribution in [2.24, 2.45) is 0 Å². The van der Waals surface area contributed by atoms with Gasteiger partial charge >= 0.3 is 0 Å². The summed E-state index contributed by atoms with van der Waals surface area (Å²) >= 11 is 1.87. The van der Waals surface area contributed by atoms with Crippen LogP contribution >= 0.6 is 11.3 Å². The van der Waals surface area contributed by atoms with Gasteiger partial charge < -0.3 is 18.5 Å². The Morgan fingerprint density at radius 2 is 0.923 bits per heavy atom. The third-order valence-corrected chi connectivity index (χ3v) is 14.5. The number of anilines is 3. The van der Waals surface area contributed by atoms with Crippen molar-refractivity contribution in [2.75, 3.05) is 4.90 Å². The maximum absolute atomic E-state index is 6.52. The lowest BCUT2D eigenvalue weighted by Gasteiger charge is -2.26. The van der Waals surface area contributed by atoms with Crippen LogP contribution in [-0.2, 0) is 0 Å². The third kappa shape index (κ3) is 5.43. The summed E-state index contributed by atoms with van der Waals surface area (Å²) in [6.45, 7) is 0. The molecule has 4 nitrogen and oxygen atoms in total. The van der Waals surface area contributed by atoms with E-state index in [1.54, 1.807) is 0 Å². The van der Waals surface area contributed by atoms with E-state index in [1.807, 2.05) is 17.4 Å². The van der Waals surface area contributed by atoms with Crippen LogP contribution in [0.25, 0.3) is 108 Å². The minimum Gasteiger partial charge on any atom is -0.456 e. The van der Waals surface area contributed by atoms with Crippen molar-refractivity contribution >= 4 is 114 Å². The van der Waals surface area contributed by atoms with Crippen molar-refractivity contribution in [3.8, 4) is 22.5 Å². The van der Waals surface area contributed by atoms with Gasteiger partial charge in [0, 0.05) is 80.9 Å². The molecule has 14 aromatic rings. The highest BCUT2D eigenvalue weighted by Gasteiger charge is 2.23. The summed E-state index contributed by atoms with van der Waals surface area (Å²) in [4.78, 5) is 2.43. The molecule has 14 rings (SSSR count). The Hall–Kier alpha value is -8.38. The number of para-hydroxylation sites is 4. The highest BCUT2D eigenvalue weighted by Crippen LogP contribution is 2.46. The van der Waals surface area contributed by atoms with Gasteiger partial charge in [0.15, 0.2) is 0 Å². The molecule has 0 aliphatic rings. The summed E-state index contributed by atoms with van der Waals surface area (Å²) in [5, 5.41) is 9.64.